The molecular weight excluding hydrogens is 450 g/mol. The van der Waals surface area contributed by atoms with Crippen molar-refractivity contribution in [2.45, 2.75) is 58.0 Å². The first-order valence-electron chi connectivity index (χ1n) is 11.7. The topological polar surface area (TPSA) is 93.3 Å². The molecule has 1 aromatic heterocycles. The van der Waals surface area contributed by atoms with Crippen LogP contribution in [0.2, 0.25) is 0 Å². The molecule has 1 aromatic carbocycles. The summed E-state index contributed by atoms with van der Waals surface area (Å²) in [6, 6.07) is 5.56. The van der Waals surface area contributed by atoms with Crippen LogP contribution in [0.3, 0.4) is 0 Å². The molecule has 1 aliphatic heterocycles. The van der Waals surface area contributed by atoms with Crippen LogP contribution in [-0.4, -0.2) is 35.7 Å². The molecule has 0 bridgehead atoms. The lowest BCUT2D eigenvalue weighted by Gasteiger charge is -2.38. The number of para-hydroxylation sites is 1. The number of nitrogens with one attached hydrogen (secondary N) is 2. The molecule has 2 aromatic rings. The Morgan fingerprint density at radius 3 is 2.62 bits per heavy atom. The van der Waals surface area contributed by atoms with Crippen molar-refractivity contribution in [3.05, 3.63) is 50.9 Å². The molecule has 2 N–H and O–H groups in total. The average Bonchev–Trinajstić information content (AvgIpc) is 2.75. The Kier molecular flexibility index (Phi) is 6.80. The van der Waals surface area contributed by atoms with Gasteiger partial charge in [-0.15, -0.1) is 0 Å². The van der Waals surface area contributed by atoms with Crippen LogP contribution in [0, 0.1) is 11.3 Å². The maximum absolute atomic E-state index is 13.5. The fourth-order valence-corrected chi connectivity index (χ4v) is 5.91. The van der Waals surface area contributed by atoms with E-state index in [2.05, 4.69) is 38.0 Å². The second kappa shape index (κ2) is 9.49. The summed E-state index contributed by atoms with van der Waals surface area (Å²) < 4.78 is 11.2. The van der Waals surface area contributed by atoms with Gasteiger partial charge in [-0.3, -0.25) is 9.59 Å². The van der Waals surface area contributed by atoms with E-state index in [1.807, 2.05) is 18.2 Å². The molecule has 182 valence electrons. The minimum atomic E-state index is -0.592. The van der Waals surface area contributed by atoms with E-state index in [-0.39, 0.29) is 16.8 Å². The number of aromatic amines is 1. The van der Waals surface area contributed by atoms with Gasteiger partial charge in [-0.05, 0) is 30.2 Å². The number of nitrogens with zero attached hydrogens (tertiary/aromatic N) is 1. The highest BCUT2D eigenvalue weighted by Crippen LogP contribution is 2.50. The number of hydrogen-bond acceptors (Lipinski definition) is 7. The van der Waals surface area contributed by atoms with Gasteiger partial charge in [0.25, 0.3) is 5.56 Å². The summed E-state index contributed by atoms with van der Waals surface area (Å²) in [6.07, 6.45) is 2.14. The first-order chi connectivity index (χ1) is 16.1. The van der Waals surface area contributed by atoms with Crippen LogP contribution in [0.1, 0.15) is 64.0 Å². The van der Waals surface area contributed by atoms with Gasteiger partial charge in [0.05, 0.1) is 25.7 Å². The molecule has 4 rings (SSSR count). The lowest BCUT2D eigenvalue weighted by atomic mass is 9.69. The van der Waals surface area contributed by atoms with Gasteiger partial charge in [0.1, 0.15) is 5.82 Å². The van der Waals surface area contributed by atoms with Gasteiger partial charge in [-0.1, -0.05) is 51.6 Å². The Bertz CT molecular complexity index is 1200. The normalized spacial score (nSPS) is 18.9. The van der Waals surface area contributed by atoms with Crippen molar-refractivity contribution in [2.75, 3.05) is 25.3 Å². The Balaban J connectivity index is 1.90. The van der Waals surface area contributed by atoms with E-state index in [4.69, 9.17) is 14.5 Å². The van der Waals surface area contributed by atoms with Gasteiger partial charge in [0, 0.05) is 29.0 Å². The second-order valence-corrected chi connectivity index (χ2v) is 11.2. The minimum absolute atomic E-state index is 0.0362. The van der Waals surface area contributed by atoms with Crippen molar-refractivity contribution >= 4 is 23.4 Å². The van der Waals surface area contributed by atoms with Crippen LogP contribution < -0.4 is 20.3 Å². The molecule has 34 heavy (non-hydrogen) atoms. The molecule has 1 aliphatic carbocycles. The molecule has 2 aliphatic rings. The van der Waals surface area contributed by atoms with Crippen molar-refractivity contribution in [2.24, 2.45) is 11.3 Å². The number of thioether (sulfide) groups is 1. The van der Waals surface area contributed by atoms with E-state index in [1.54, 1.807) is 26.0 Å². The number of ketones is 1. The molecule has 2 heterocycles. The highest BCUT2D eigenvalue weighted by atomic mass is 32.2. The van der Waals surface area contributed by atoms with Gasteiger partial charge in [0.2, 0.25) is 0 Å². The van der Waals surface area contributed by atoms with Crippen molar-refractivity contribution < 1.29 is 14.3 Å². The zero-order valence-corrected chi connectivity index (χ0v) is 21.5. The maximum atomic E-state index is 13.5. The van der Waals surface area contributed by atoms with Crippen LogP contribution in [-0.2, 0) is 4.79 Å². The lowest BCUT2D eigenvalue weighted by molar-refractivity contribution is -0.118. The van der Waals surface area contributed by atoms with Gasteiger partial charge in [0.15, 0.2) is 22.4 Å². The highest BCUT2D eigenvalue weighted by Gasteiger charge is 2.43. The van der Waals surface area contributed by atoms with Crippen LogP contribution in [0.5, 0.6) is 11.5 Å². The SMILES string of the molecule is COc1cccc(C2C3=C(CC(C)(C)CC3=O)Nc3nc(SCCC(C)C)[nH]c(=O)c32)c1OC. The van der Waals surface area contributed by atoms with E-state index in [9.17, 15) is 9.59 Å². The number of carbonyl (C=O) groups excluding carboxylic acids is 1. The number of Topliss-reactive ketones (excluding diaryl/α,β-unsaturated/α-hetero) is 1. The Morgan fingerprint density at radius 1 is 1.18 bits per heavy atom. The Morgan fingerprint density at radius 2 is 1.94 bits per heavy atom. The fraction of sp³-hybridized carbons (Fsp3) is 0.500. The first kappa shape index (κ1) is 24.4. The van der Waals surface area contributed by atoms with E-state index in [0.29, 0.717) is 52.4 Å². The standard InChI is InChI=1S/C26H33N3O4S/c1-14(2)10-11-34-25-28-23-21(24(31)29-25)19(15-8-7-9-18(32-5)22(15)33-6)20-16(27-23)12-26(3,4)13-17(20)30/h7-9,14,19H,10-13H2,1-6H3,(H2,27,28,29,31). The molecule has 1 unspecified atom stereocenters. The van der Waals surface area contributed by atoms with Crippen LogP contribution in [0.15, 0.2) is 39.4 Å². The zero-order chi connectivity index (χ0) is 24.6. The number of methoxy groups -OCH3 is 2. The summed E-state index contributed by atoms with van der Waals surface area (Å²) in [5.41, 5.74) is 2.18. The molecule has 8 heteroatoms. The number of anilines is 1. The Hall–Kier alpha value is -2.74. The van der Waals surface area contributed by atoms with Gasteiger partial charge >= 0.3 is 0 Å². The monoisotopic (exact) mass is 483 g/mol. The number of aromatic nitrogens is 2. The summed E-state index contributed by atoms with van der Waals surface area (Å²) in [7, 11) is 3.15. The van der Waals surface area contributed by atoms with Crippen LogP contribution in [0.25, 0.3) is 0 Å². The van der Waals surface area contributed by atoms with E-state index in [0.717, 1.165) is 23.4 Å². The number of rotatable bonds is 7. The number of hydrogen-bond donors (Lipinski definition) is 2. The average molecular weight is 484 g/mol. The van der Waals surface area contributed by atoms with Crippen LogP contribution >= 0.6 is 11.8 Å². The van der Waals surface area contributed by atoms with Gasteiger partial charge < -0.3 is 19.8 Å². The smallest absolute Gasteiger partial charge is 0.257 e. The maximum Gasteiger partial charge on any atom is 0.257 e. The fourth-order valence-electron chi connectivity index (χ4n) is 4.80. The number of carbonyl (C=O) groups is 1. The quantitative estimate of drug-likeness (QED) is 0.417. The summed E-state index contributed by atoms with van der Waals surface area (Å²) >= 11 is 1.54. The van der Waals surface area contributed by atoms with Crippen molar-refractivity contribution in [1.29, 1.82) is 0 Å². The Labute approximate surface area is 204 Å². The van der Waals surface area contributed by atoms with Crippen molar-refractivity contribution in [3.63, 3.8) is 0 Å². The lowest BCUT2D eigenvalue weighted by Crippen LogP contribution is -2.37. The molecule has 0 saturated heterocycles. The third-order valence-electron chi connectivity index (χ3n) is 6.38. The summed E-state index contributed by atoms with van der Waals surface area (Å²) in [6.45, 7) is 8.52. The molecule has 0 spiro atoms. The number of benzene rings is 1. The molecule has 0 fully saturated rings. The second-order valence-electron chi connectivity index (χ2n) is 10.1. The molecule has 0 saturated carbocycles. The largest absolute Gasteiger partial charge is 0.493 e. The molecule has 0 radical (unpaired) electrons. The van der Waals surface area contributed by atoms with Crippen molar-refractivity contribution in [3.8, 4) is 11.5 Å². The predicted octanol–water partition coefficient (Wildman–Crippen LogP) is 5.13. The minimum Gasteiger partial charge on any atom is -0.493 e. The third-order valence-corrected chi connectivity index (χ3v) is 7.29. The van der Waals surface area contributed by atoms with E-state index >= 15 is 0 Å². The number of ether oxygens (including phenoxy) is 2. The van der Waals surface area contributed by atoms with Crippen LogP contribution in [0.4, 0.5) is 5.82 Å². The molecule has 1 atom stereocenters. The first-order valence-corrected chi connectivity index (χ1v) is 12.6. The van der Waals surface area contributed by atoms with Gasteiger partial charge in [-0.25, -0.2) is 4.98 Å². The third kappa shape index (κ3) is 4.60. The predicted molar refractivity (Wildman–Crippen MR) is 135 cm³/mol. The number of H-pyrrole nitrogens is 1. The number of fused-ring (bicyclic) bond motifs is 1. The van der Waals surface area contributed by atoms with Gasteiger partial charge in [-0.2, -0.15) is 0 Å². The molecular formula is C26H33N3O4S. The summed E-state index contributed by atoms with van der Waals surface area (Å²) in [5, 5.41) is 3.96. The summed E-state index contributed by atoms with van der Waals surface area (Å²) in [4.78, 5) is 34.7. The molecule has 7 nitrogen and oxygen atoms in total. The van der Waals surface area contributed by atoms with E-state index in [1.165, 1.54) is 0 Å². The number of allylic oxidation sites excluding steroid dienone is 2. The van der Waals surface area contributed by atoms with E-state index < -0.39 is 5.92 Å². The highest BCUT2D eigenvalue weighted by molar-refractivity contribution is 7.99. The van der Waals surface area contributed by atoms with Crippen molar-refractivity contribution in [1.82, 2.24) is 9.97 Å². The summed E-state index contributed by atoms with van der Waals surface area (Å²) in [5.74, 6) is 2.46. The molecule has 0 amide bonds. The zero-order valence-electron chi connectivity index (χ0n) is 20.7.